The molecular weight excluding hydrogens is 258 g/mol. The van der Waals surface area contributed by atoms with Crippen molar-refractivity contribution in [3.63, 3.8) is 0 Å². The van der Waals surface area contributed by atoms with Crippen molar-refractivity contribution >= 4 is 0 Å². The van der Waals surface area contributed by atoms with E-state index in [-0.39, 0.29) is 0 Å². The molecule has 1 aromatic heterocycles. The molecule has 21 heavy (non-hydrogen) atoms. The quantitative estimate of drug-likeness (QED) is 0.794. The molecule has 3 rings (SSSR count). The Morgan fingerprint density at radius 1 is 0.952 bits per heavy atom. The highest BCUT2D eigenvalue weighted by Gasteiger charge is 2.14. The topological polar surface area (TPSA) is 43.8 Å². The van der Waals surface area contributed by atoms with E-state index in [1.807, 2.05) is 22.9 Å². The molecule has 3 heteroatoms. The first-order valence-electron chi connectivity index (χ1n) is 7.11. The molecule has 3 nitrogen and oxygen atoms in total. The lowest BCUT2D eigenvalue weighted by Gasteiger charge is -2.06. The van der Waals surface area contributed by atoms with Crippen molar-refractivity contribution < 1.29 is 0 Å². The van der Waals surface area contributed by atoms with E-state index in [4.69, 9.17) is 10.8 Å². The summed E-state index contributed by atoms with van der Waals surface area (Å²) in [6.45, 7) is 4.74. The van der Waals surface area contributed by atoms with Gasteiger partial charge < -0.3 is 5.73 Å². The summed E-state index contributed by atoms with van der Waals surface area (Å²) >= 11 is 0. The number of para-hydroxylation sites is 1. The maximum atomic E-state index is 5.66. The molecule has 3 aromatic rings. The van der Waals surface area contributed by atoms with Gasteiger partial charge in [0.2, 0.25) is 0 Å². The monoisotopic (exact) mass is 277 g/mol. The molecule has 0 spiro atoms. The fourth-order valence-corrected chi connectivity index (χ4v) is 2.69. The third-order valence-corrected chi connectivity index (χ3v) is 3.77. The number of benzene rings is 2. The molecule has 0 aliphatic rings. The lowest BCUT2D eigenvalue weighted by Crippen LogP contribution is -1.98. The Labute approximate surface area is 125 Å². The molecule has 0 saturated heterocycles. The second-order valence-corrected chi connectivity index (χ2v) is 5.19. The van der Waals surface area contributed by atoms with E-state index in [0.29, 0.717) is 6.54 Å². The zero-order valence-electron chi connectivity index (χ0n) is 12.4. The number of nitrogens with zero attached hydrogens (tertiary/aromatic N) is 2. The van der Waals surface area contributed by atoms with Crippen LogP contribution in [-0.4, -0.2) is 9.78 Å². The first kappa shape index (κ1) is 13.6. The van der Waals surface area contributed by atoms with Crippen molar-refractivity contribution in [2.24, 2.45) is 5.73 Å². The van der Waals surface area contributed by atoms with E-state index in [0.717, 1.165) is 22.6 Å². The Morgan fingerprint density at radius 3 is 2.24 bits per heavy atom. The average Bonchev–Trinajstić information content (AvgIpc) is 2.83. The Kier molecular flexibility index (Phi) is 3.59. The minimum atomic E-state index is 0.571. The molecular formula is C18H19N3. The van der Waals surface area contributed by atoms with Crippen LogP contribution in [0.1, 0.15) is 17.0 Å². The average molecular weight is 277 g/mol. The van der Waals surface area contributed by atoms with Gasteiger partial charge in [0.05, 0.1) is 11.4 Å². The van der Waals surface area contributed by atoms with Crippen LogP contribution in [0, 0.1) is 13.8 Å². The molecule has 0 radical (unpaired) electrons. The highest BCUT2D eigenvalue weighted by atomic mass is 15.3. The highest BCUT2D eigenvalue weighted by Crippen LogP contribution is 2.28. The van der Waals surface area contributed by atoms with E-state index in [1.54, 1.807) is 0 Å². The number of hydrogen-bond donors (Lipinski definition) is 1. The molecule has 1 heterocycles. The Hall–Kier alpha value is -2.39. The molecule has 0 bridgehead atoms. The Morgan fingerprint density at radius 2 is 1.62 bits per heavy atom. The summed E-state index contributed by atoms with van der Waals surface area (Å²) in [4.78, 5) is 0. The van der Waals surface area contributed by atoms with Gasteiger partial charge in [-0.2, -0.15) is 5.10 Å². The van der Waals surface area contributed by atoms with Crippen LogP contribution in [0.5, 0.6) is 0 Å². The van der Waals surface area contributed by atoms with Gasteiger partial charge in [-0.1, -0.05) is 42.5 Å². The second-order valence-electron chi connectivity index (χ2n) is 5.19. The summed E-state index contributed by atoms with van der Waals surface area (Å²) < 4.78 is 2.00. The van der Waals surface area contributed by atoms with Gasteiger partial charge in [0.15, 0.2) is 0 Å². The largest absolute Gasteiger partial charge is 0.326 e. The molecule has 0 aliphatic heterocycles. The predicted octanol–water partition coefficient (Wildman–Crippen LogP) is 3.61. The third-order valence-electron chi connectivity index (χ3n) is 3.77. The van der Waals surface area contributed by atoms with Crippen molar-refractivity contribution in [1.29, 1.82) is 0 Å². The van der Waals surface area contributed by atoms with E-state index in [9.17, 15) is 0 Å². The first-order chi connectivity index (χ1) is 10.2. The smallest absolute Gasteiger partial charge is 0.0679 e. The lowest BCUT2D eigenvalue weighted by molar-refractivity contribution is 0.834. The molecule has 0 atom stereocenters. The number of nitrogens with two attached hydrogens (primary N) is 1. The van der Waals surface area contributed by atoms with Crippen LogP contribution in [0.15, 0.2) is 54.6 Å². The maximum absolute atomic E-state index is 5.66. The van der Waals surface area contributed by atoms with Crippen LogP contribution in [0.2, 0.25) is 0 Å². The van der Waals surface area contributed by atoms with Crippen molar-refractivity contribution in [3.05, 3.63) is 71.5 Å². The van der Waals surface area contributed by atoms with Gasteiger partial charge >= 0.3 is 0 Å². The van der Waals surface area contributed by atoms with Gasteiger partial charge in [0.1, 0.15) is 0 Å². The number of aromatic nitrogens is 2. The van der Waals surface area contributed by atoms with Gasteiger partial charge in [-0.15, -0.1) is 0 Å². The molecule has 0 aliphatic carbocycles. The third kappa shape index (κ3) is 2.48. The zero-order valence-corrected chi connectivity index (χ0v) is 12.4. The predicted molar refractivity (Wildman–Crippen MR) is 86.4 cm³/mol. The van der Waals surface area contributed by atoms with Crippen molar-refractivity contribution in [2.75, 3.05) is 0 Å². The van der Waals surface area contributed by atoms with Crippen molar-refractivity contribution in [2.45, 2.75) is 20.4 Å². The standard InChI is InChI=1S/C18H19N3/c1-13-18(16-10-8-15(12-19)9-11-16)14(2)21(20-13)17-6-4-3-5-7-17/h3-11H,12,19H2,1-2H3. The second kappa shape index (κ2) is 5.54. The number of aryl methyl sites for hydroxylation is 1. The summed E-state index contributed by atoms with van der Waals surface area (Å²) in [7, 11) is 0. The summed E-state index contributed by atoms with van der Waals surface area (Å²) in [6.07, 6.45) is 0. The van der Waals surface area contributed by atoms with Gasteiger partial charge in [0, 0.05) is 17.8 Å². The number of hydrogen-bond acceptors (Lipinski definition) is 2. The SMILES string of the molecule is Cc1nn(-c2ccccc2)c(C)c1-c1ccc(CN)cc1. The van der Waals surface area contributed by atoms with Crippen LogP contribution < -0.4 is 5.73 Å². The Balaban J connectivity index is 2.09. The molecule has 0 amide bonds. The highest BCUT2D eigenvalue weighted by molar-refractivity contribution is 5.69. The molecule has 2 N–H and O–H groups in total. The van der Waals surface area contributed by atoms with E-state index >= 15 is 0 Å². The van der Waals surface area contributed by atoms with Gasteiger partial charge in [0.25, 0.3) is 0 Å². The van der Waals surface area contributed by atoms with Crippen molar-refractivity contribution in [1.82, 2.24) is 9.78 Å². The summed E-state index contributed by atoms with van der Waals surface area (Å²) in [6, 6.07) is 18.6. The minimum absolute atomic E-state index is 0.571. The van der Waals surface area contributed by atoms with Gasteiger partial charge in [-0.05, 0) is 37.1 Å². The molecule has 2 aromatic carbocycles. The summed E-state index contributed by atoms with van der Waals surface area (Å²) in [5.74, 6) is 0. The van der Waals surface area contributed by atoms with Crippen LogP contribution in [0.25, 0.3) is 16.8 Å². The summed E-state index contributed by atoms with van der Waals surface area (Å²) in [5.41, 5.74) is 12.5. The van der Waals surface area contributed by atoms with Crippen molar-refractivity contribution in [3.8, 4) is 16.8 Å². The fourth-order valence-electron chi connectivity index (χ4n) is 2.69. The van der Waals surface area contributed by atoms with Crippen LogP contribution in [0.4, 0.5) is 0 Å². The minimum Gasteiger partial charge on any atom is -0.326 e. The molecule has 106 valence electrons. The maximum Gasteiger partial charge on any atom is 0.0679 e. The molecule has 0 saturated carbocycles. The van der Waals surface area contributed by atoms with E-state index in [2.05, 4.69) is 50.2 Å². The lowest BCUT2D eigenvalue weighted by atomic mass is 10.0. The number of rotatable bonds is 3. The summed E-state index contributed by atoms with van der Waals surface area (Å²) in [5, 5.41) is 4.69. The first-order valence-corrected chi connectivity index (χ1v) is 7.11. The van der Waals surface area contributed by atoms with E-state index < -0.39 is 0 Å². The van der Waals surface area contributed by atoms with Gasteiger partial charge in [-0.3, -0.25) is 0 Å². The fraction of sp³-hybridized carbons (Fsp3) is 0.167. The Bertz CT molecular complexity index is 740. The normalized spacial score (nSPS) is 10.8. The van der Waals surface area contributed by atoms with Crippen LogP contribution in [0.3, 0.4) is 0 Å². The van der Waals surface area contributed by atoms with E-state index in [1.165, 1.54) is 11.1 Å². The van der Waals surface area contributed by atoms with Gasteiger partial charge in [-0.25, -0.2) is 4.68 Å². The zero-order chi connectivity index (χ0) is 14.8. The molecule has 0 unspecified atom stereocenters. The van der Waals surface area contributed by atoms with Crippen LogP contribution in [-0.2, 0) is 6.54 Å². The molecule has 0 fully saturated rings. The van der Waals surface area contributed by atoms with Crippen LogP contribution >= 0.6 is 0 Å².